The van der Waals surface area contributed by atoms with Gasteiger partial charge in [0.15, 0.2) is 23.0 Å². The minimum Gasteiger partial charge on any atom is -0.504 e. The van der Waals surface area contributed by atoms with Crippen LogP contribution in [0.25, 0.3) is 0 Å². The first-order chi connectivity index (χ1) is 10.3. The third kappa shape index (κ3) is 4.72. The molecule has 1 aromatic carbocycles. The standard InChI is InChI=1S/C18H30O4/c1-6-8-10-21-14-12-13(19)16(20)15(18(3,4)5)17(14)22-11-9-7-2/h12,19-20H,6-11H2,1-5H3. The first-order valence-corrected chi connectivity index (χ1v) is 8.17. The topological polar surface area (TPSA) is 58.9 Å². The summed E-state index contributed by atoms with van der Waals surface area (Å²) in [4.78, 5) is 0. The minimum atomic E-state index is -0.368. The van der Waals surface area contributed by atoms with Crippen LogP contribution in [0.4, 0.5) is 0 Å². The van der Waals surface area contributed by atoms with Crippen molar-refractivity contribution in [3.8, 4) is 23.0 Å². The van der Waals surface area contributed by atoms with E-state index in [1.807, 2.05) is 20.8 Å². The third-order valence-electron chi connectivity index (χ3n) is 3.45. The van der Waals surface area contributed by atoms with E-state index in [0.717, 1.165) is 25.7 Å². The Bertz CT molecular complexity index is 475. The molecule has 0 amide bonds. The van der Waals surface area contributed by atoms with Gasteiger partial charge in [-0.15, -0.1) is 0 Å². The van der Waals surface area contributed by atoms with E-state index < -0.39 is 0 Å². The number of phenols is 2. The lowest BCUT2D eigenvalue weighted by Gasteiger charge is -2.26. The monoisotopic (exact) mass is 310 g/mol. The maximum atomic E-state index is 10.3. The maximum Gasteiger partial charge on any atom is 0.168 e. The van der Waals surface area contributed by atoms with E-state index in [1.54, 1.807) is 0 Å². The number of hydrogen-bond acceptors (Lipinski definition) is 4. The van der Waals surface area contributed by atoms with Gasteiger partial charge >= 0.3 is 0 Å². The summed E-state index contributed by atoms with van der Waals surface area (Å²) >= 11 is 0. The zero-order valence-corrected chi connectivity index (χ0v) is 14.5. The summed E-state index contributed by atoms with van der Waals surface area (Å²) in [5, 5.41) is 20.3. The Balaban J connectivity index is 3.25. The van der Waals surface area contributed by atoms with Crippen LogP contribution in [-0.4, -0.2) is 23.4 Å². The Morgan fingerprint density at radius 2 is 1.50 bits per heavy atom. The van der Waals surface area contributed by atoms with E-state index in [2.05, 4.69) is 13.8 Å². The minimum absolute atomic E-state index is 0.123. The van der Waals surface area contributed by atoms with Crippen LogP contribution in [0.3, 0.4) is 0 Å². The fraction of sp³-hybridized carbons (Fsp3) is 0.667. The Kier molecular flexibility index (Phi) is 6.85. The van der Waals surface area contributed by atoms with Gasteiger partial charge in [0.2, 0.25) is 0 Å². The van der Waals surface area contributed by atoms with E-state index in [-0.39, 0.29) is 16.9 Å². The quantitative estimate of drug-likeness (QED) is 0.537. The zero-order valence-electron chi connectivity index (χ0n) is 14.5. The molecule has 4 nitrogen and oxygen atoms in total. The molecule has 1 aromatic rings. The van der Waals surface area contributed by atoms with E-state index in [4.69, 9.17) is 9.47 Å². The van der Waals surface area contributed by atoms with Crippen LogP contribution in [0, 0.1) is 0 Å². The van der Waals surface area contributed by atoms with Gasteiger partial charge in [-0.2, -0.15) is 0 Å². The molecule has 0 aromatic heterocycles. The molecule has 0 radical (unpaired) electrons. The van der Waals surface area contributed by atoms with Crippen LogP contribution in [0.1, 0.15) is 65.9 Å². The predicted molar refractivity (Wildman–Crippen MR) is 89.3 cm³/mol. The molecule has 0 unspecified atom stereocenters. The zero-order chi connectivity index (χ0) is 16.8. The Hall–Kier alpha value is -1.58. The Morgan fingerprint density at radius 1 is 0.955 bits per heavy atom. The number of phenolic OH excluding ortho intramolecular Hbond substituents is 2. The summed E-state index contributed by atoms with van der Waals surface area (Å²) in [6, 6.07) is 1.45. The Morgan fingerprint density at radius 3 is 2.00 bits per heavy atom. The van der Waals surface area contributed by atoms with Crippen LogP contribution < -0.4 is 9.47 Å². The van der Waals surface area contributed by atoms with Gasteiger partial charge in [-0.05, 0) is 18.3 Å². The molecule has 0 heterocycles. The van der Waals surface area contributed by atoms with Crippen molar-refractivity contribution in [2.24, 2.45) is 0 Å². The van der Waals surface area contributed by atoms with Crippen LogP contribution in [0.2, 0.25) is 0 Å². The molecular formula is C18H30O4. The fourth-order valence-corrected chi connectivity index (χ4v) is 2.21. The molecule has 4 heteroatoms. The molecule has 0 aliphatic rings. The summed E-state index contributed by atoms with van der Waals surface area (Å²) in [7, 11) is 0. The smallest absolute Gasteiger partial charge is 0.168 e. The molecule has 0 fully saturated rings. The van der Waals surface area contributed by atoms with E-state index >= 15 is 0 Å². The van der Waals surface area contributed by atoms with Crippen molar-refractivity contribution in [1.29, 1.82) is 0 Å². The molecule has 0 spiro atoms. The highest BCUT2D eigenvalue weighted by molar-refractivity contribution is 5.62. The second-order valence-corrected chi connectivity index (χ2v) is 6.60. The number of hydrogen-bond donors (Lipinski definition) is 2. The molecule has 0 saturated heterocycles. The number of unbranched alkanes of at least 4 members (excludes halogenated alkanes) is 2. The number of ether oxygens (including phenoxy) is 2. The molecular weight excluding hydrogens is 280 g/mol. The van der Waals surface area contributed by atoms with Gasteiger partial charge in [0.25, 0.3) is 0 Å². The highest BCUT2D eigenvalue weighted by atomic mass is 16.5. The van der Waals surface area contributed by atoms with Crippen molar-refractivity contribution in [3.05, 3.63) is 11.6 Å². The van der Waals surface area contributed by atoms with E-state index in [9.17, 15) is 10.2 Å². The maximum absolute atomic E-state index is 10.3. The SMILES string of the molecule is CCCCOc1cc(O)c(O)c(C(C)(C)C)c1OCCCC. The summed E-state index contributed by atoms with van der Waals surface area (Å²) < 4.78 is 11.7. The molecule has 126 valence electrons. The molecule has 0 saturated carbocycles. The van der Waals surface area contributed by atoms with Crippen molar-refractivity contribution in [2.45, 2.75) is 65.7 Å². The summed E-state index contributed by atoms with van der Waals surface area (Å²) in [6.45, 7) is 11.2. The van der Waals surface area contributed by atoms with Crippen molar-refractivity contribution in [2.75, 3.05) is 13.2 Å². The average Bonchev–Trinajstić information content (AvgIpc) is 2.42. The van der Waals surface area contributed by atoms with Crippen molar-refractivity contribution in [1.82, 2.24) is 0 Å². The fourth-order valence-electron chi connectivity index (χ4n) is 2.21. The highest BCUT2D eigenvalue weighted by Crippen LogP contribution is 2.49. The summed E-state index contributed by atoms with van der Waals surface area (Å²) in [5.74, 6) is 0.762. The molecule has 0 aliphatic carbocycles. The van der Waals surface area contributed by atoms with Gasteiger partial charge in [0.05, 0.1) is 13.2 Å². The Labute approximate surface area is 134 Å². The second kappa shape index (κ2) is 8.16. The summed E-state index contributed by atoms with van der Waals surface area (Å²) in [5.41, 5.74) is 0.225. The molecule has 0 atom stereocenters. The normalized spacial score (nSPS) is 11.5. The largest absolute Gasteiger partial charge is 0.504 e. The van der Waals surface area contributed by atoms with Gasteiger partial charge in [-0.25, -0.2) is 0 Å². The van der Waals surface area contributed by atoms with Gasteiger partial charge in [-0.3, -0.25) is 0 Å². The van der Waals surface area contributed by atoms with Gasteiger partial charge in [0.1, 0.15) is 0 Å². The lowest BCUT2D eigenvalue weighted by Crippen LogP contribution is -2.15. The first-order valence-electron chi connectivity index (χ1n) is 8.17. The van der Waals surface area contributed by atoms with Crippen molar-refractivity contribution in [3.63, 3.8) is 0 Å². The van der Waals surface area contributed by atoms with E-state index in [0.29, 0.717) is 30.3 Å². The average molecular weight is 310 g/mol. The third-order valence-corrected chi connectivity index (χ3v) is 3.45. The molecule has 22 heavy (non-hydrogen) atoms. The van der Waals surface area contributed by atoms with Crippen molar-refractivity contribution >= 4 is 0 Å². The lowest BCUT2D eigenvalue weighted by molar-refractivity contribution is 0.251. The second-order valence-electron chi connectivity index (χ2n) is 6.60. The van der Waals surface area contributed by atoms with E-state index in [1.165, 1.54) is 6.07 Å². The first kappa shape index (κ1) is 18.5. The van der Waals surface area contributed by atoms with Crippen LogP contribution in [0.5, 0.6) is 23.0 Å². The van der Waals surface area contributed by atoms with Crippen LogP contribution in [-0.2, 0) is 5.41 Å². The summed E-state index contributed by atoms with van der Waals surface area (Å²) in [6.07, 6.45) is 3.92. The lowest BCUT2D eigenvalue weighted by atomic mass is 9.85. The molecule has 1 rings (SSSR count). The van der Waals surface area contributed by atoms with Crippen molar-refractivity contribution < 1.29 is 19.7 Å². The molecule has 0 bridgehead atoms. The van der Waals surface area contributed by atoms with Crippen LogP contribution in [0.15, 0.2) is 6.07 Å². The molecule has 0 aliphatic heterocycles. The van der Waals surface area contributed by atoms with Crippen LogP contribution >= 0.6 is 0 Å². The van der Waals surface area contributed by atoms with Gasteiger partial charge in [0, 0.05) is 11.6 Å². The number of rotatable bonds is 8. The van der Waals surface area contributed by atoms with Gasteiger partial charge in [-0.1, -0.05) is 47.5 Å². The highest BCUT2D eigenvalue weighted by Gasteiger charge is 2.29. The number of benzene rings is 1. The molecule has 2 N–H and O–H groups in total. The predicted octanol–water partition coefficient (Wildman–Crippen LogP) is 4.75. The number of aromatic hydroxyl groups is 2. The van der Waals surface area contributed by atoms with Gasteiger partial charge < -0.3 is 19.7 Å².